The Morgan fingerprint density at radius 1 is 1.29 bits per heavy atom. The van der Waals surface area contributed by atoms with E-state index in [1.165, 1.54) is 0 Å². The van der Waals surface area contributed by atoms with Crippen molar-refractivity contribution in [1.82, 2.24) is 9.80 Å². The van der Waals surface area contributed by atoms with Crippen LogP contribution in [0.25, 0.3) is 0 Å². The van der Waals surface area contributed by atoms with Gasteiger partial charge in [0.2, 0.25) is 0 Å². The van der Waals surface area contributed by atoms with Crippen LogP contribution in [0, 0.1) is 6.92 Å². The van der Waals surface area contributed by atoms with Gasteiger partial charge >= 0.3 is 0 Å². The Morgan fingerprint density at radius 2 is 1.90 bits per heavy atom. The molecule has 1 amide bonds. The van der Waals surface area contributed by atoms with Gasteiger partial charge in [0.05, 0.1) is 5.60 Å². The molecule has 21 heavy (non-hydrogen) atoms. The van der Waals surface area contributed by atoms with Crippen LogP contribution in [0.3, 0.4) is 0 Å². The Hall–Kier alpha value is -1.10. The Labute approximate surface area is 131 Å². The maximum atomic E-state index is 12.6. The zero-order valence-electron chi connectivity index (χ0n) is 12.9. The highest BCUT2D eigenvalue weighted by Crippen LogP contribution is 2.21. The second kappa shape index (κ2) is 6.34. The lowest BCUT2D eigenvalue weighted by molar-refractivity contribution is 0.0178. The van der Waals surface area contributed by atoms with Crippen LogP contribution >= 0.6 is 11.6 Å². The van der Waals surface area contributed by atoms with Crippen molar-refractivity contribution in [3.63, 3.8) is 0 Å². The molecule has 0 saturated carbocycles. The zero-order valence-corrected chi connectivity index (χ0v) is 13.7. The van der Waals surface area contributed by atoms with Crippen molar-refractivity contribution in [3.05, 3.63) is 34.3 Å². The first-order valence-electron chi connectivity index (χ1n) is 7.27. The molecule has 1 N–H and O–H groups in total. The lowest BCUT2D eigenvalue weighted by atomic mass is 10.1. The third-order valence-electron chi connectivity index (χ3n) is 3.77. The zero-order chi connectivity index (χ0) is 15.6. The largest absolute Gasteiger partial charge is 0.389 e. The molecule has 1 saturated heterocycles. The van der Waals surface area contributed by atoms with Crippen LogP contribution in [0.5, 0.6) is 0 Å². The van der Waals surface area contributed by atoms with Crippen LogP contribution in [0.2, 0.25) is 5.02 Å². The second-order valence-electron chi connectivity index (χ2n) is 6.29. The van der Waals surface area contributed by atoms with Crippen LogP contribution in [0.4, 0.5) is 0 Å². The summed E-state index contributed by atoms with van der Waals surface area (Å²) in [5, 5.41) is 10.5. The van der Waals surface area contributed by atoms with E-state index in [0.29, 0.717) is 30.2 Å². The molecule has 1 aliphatic rings. The monoisotopic (exact) mass is 310 g/mol. The number of carbonyl (C=O) groups excluding carboxylic acids is 1. The summed E-state index contributed by atoms with van der Waals surface area (Å²) < 4.78 is 0. The number of rotatable bonds is 3. The molecule has 0 aromatic heterocycles. The van der Waals surface area contributed by atoms with E-state index >= 15 is 0 Å². The number of carbonyl (C=O) groups is 1. The molecule has 1 aromatic carbocycles. The molecule has 0 atom stereocenters. The van der Waals surface area contributed by atoms with Gasteiger partial charge < -0.3 is 10.0 Å². The van der Waals surface area contributed by atoms with Crippen LogP contribution in [-0.4, -0.2) is 59.1 Å². The van der Waals surface area contributed by atoms with Gasteiger partial charge in [-0.05, 0) is 38.5 Å². The molecule has 5 heteroatoms. The maximum absolute atomic E-state index is 12.6. The quantitative estimate of drug-likeness (QED) is 0.930. The molecule has 0 bridgehead atoms. The summed E-state index contributed by atoms with van der Waals surface area (Å²) in [5.41, 5.74) is 0.817. The molecule has 1 heterocycles. The van der Waals surface area contributed by atoms with Gasteiger partial charge in [0.1, 0.15) is 0 Å². The average molecular weight is 311 g/mol. The highest BCUT2D eigenvalue weighted by Gasteiger charge is 2.26. The van der Waals surface area contributed by atoms with Gasteiger partial charge in [0.15, 0.2) is 0 Å². The van der Waals surface area contributed by atoms with Crippen LogP contribution in [0.15, 0.2) is 18.2 Å². The van der Waals surface area contributed by atoms with E-state index in [2.05, 4.69) is 4.90 Å². The summed E-state index contributed by atoms with van der Waals surface area (Å²) in [6.07, 6.45) is 0. The summed E-state index contributed by atoms with van der Waals surface area (Å²) in [4.78, 5) is 16.6. The number of hydrogen-bond acceptors (Lipinski definition) is 3. The van der Waals surface area contributed by atoms with Crippen molar-refractivity contribution in [2.75, 3.05) is 32.7 Å². The second-order valence-corrected chi connectivity index (χ2v) is 6.70. The number of benzene rings is 1. The first kappa shape index (κ1) is 16.3. The van der Waals surface area contributed by atoms with E-state index in [-0.39, 0.29) is 5.91 Å². The highest BCUT2D eigenvalue weighted by atomic mass is 35.5. The molecule has 116 valence electrons. The van der Waals surface area contributed by atoms with E-state index in [1.54, 1.807) is 19.9 Å². The maximum Gasteiger partial charge on any atom is 0.254 e. The lowest BCUT2D eigenvalue weighted by Gasteiger charge is -2.37. The van der Waals surface area contributed by atoms with Crippen molar-refractivity contribution < 1.29 is 9.90 Å². The Kier molecular flexibility index (Phi) is 4.91. The molecule has 0 spiro atoms. The predicted octanol–water partition coefficient (Wildman–Crippen LogP) is 2.18. The predicted molar refractivity (Wildman–Crippen MR) is 84.8 cm³/mol. The van der Waals surface area contributed by atoms with Gasteiger partial charge in [0.25, 0.3) is 5.91 Å². The average Bonchev–Trinajstić information content (AvgIpc) is 2.40. The van der Waals surface area contributed by atoms with Crippen molar-refractivity contribution in [3.8, 4) is 0 Å². The van der Waals surface area contributed by atoms with Crippen molar-refractivity contribution in [1.29, 1.82) is 0 Å². The van der Waals surface area contributed by atoms with Crippen LogP contribution < -0.4 is 0 Å². The van der Waals surface area contributed by atoms with Gasteiger partial charge in [-0.2, -0.15) is 0 Å². The highest BCUT2D eigenvalue weighted by molar-refractivity contribution is 6.31. The molecule has 1 fully saturated rings. The molecule has 0 unspecified atom stereocenters. The van der Waals surface area contributed by atoms with Gasteiger partial charge in [0, 0.05) is 43.3 Å². The third-order valence-corrected chi connectivity index (χ3v) is 4.18. The smallest absolute Gasteiger partial charge is 0.254 e. The molecule has 0 aliphatic carbocycles. The lowest BCUT2D eigenvalue weighted by Crippen LogP contribution is -2.52. The number of amides is 1. The molecule has 2 rings (SSSR count). The minimum absolute atomic E-state index is 0.0397. The standard InChI is InChI=1S/C16H23ClN2O2/c1-12-13(5-4-6-14(12)17)15(20)19-9-7-18(8-10-19)11-16(2,3)21/h4-6,21H,7-11H2,1-3H3. The number of piperazine rings is 1. The number of nitrogens with zero attached hydrogens (tertiary/aromatic N) is 2. The fourth-order valence-corrected chi connectivity index (χ4v) is 2.84. The Balaban J connectivity index is 1.99. The van der Waals surface area contributed by atoms with Crippen molar-refractivity contribution in [2.24, 2.45) is 0 Å². The summed E-state index contributed by atoms with van der Waals surface area (Å²) in [5.74, 6) is 0.0397. The minimum Gasteiger partial charge on any atom is -0.389 e. The van der Waals surface area contributed by atoms with E-state index in [9.17, 15) is 9.90 Å². The summed E-state index contributed by atoms with van der Waals surface area (Å²) in [6, 6.07) is 5.44. The van der Waals surface area contributed by atoms with Gasteiger partial charge in [-0.1, -0.05) is 17.7 Å². The number of halogens is 1. The molecule has 1 aliphatic heterocycles. The van der Waals surface area contributed by atoms with E-state index in [0.717, 1.165) is 18.7 Å². The van der Waals surface area contributed by atoms with Crippen molar-refractivity contribution in [2.45, 2.75) is 26.4 Å². The topological polar surface area (TPSA) is 43.8 Å². The van der Waals surface area contributed by atoms with E-state index < -0.39 is 5.60 Å². The third kappa shape index (κ3) is 4.19. The normalized spacial score (nSPS) is 17.1. The summed E-state index contributed by atoms with van der Waals surface area (Å²) >= 11 is 6.09. The first-order chi connectivity index (χ1) is 9.78. The van der Waals surface area contributed by atoms with Gasteiger partial charge in [-0.3, -0.25) is 9.69 Å². The van der Waals surface area contributed by atoms with Crippen LogP contribution in [0.1, 0.15) is 29.8 Å². The fourth-order valence-electron chi connectivity index (χ4n) is 2.67. The molecular formula is C16H23ClN2O2. The fraction of sp³-hybridized carbons (Fsp3) is 0.562. The molecule has 1 aromatic rings. The summed E-state index contributed by atoms with van der Waals surface area (Å²) in [6.45, 7) is 9.05. The van der Waals surface area contributed by atoms with Crippen molar-refractivity contribution >= 4 is 17.5 Å². The van der Waals surface area contributed by atoms with E-state index in [1.807, 2.05) is 24.0 Å². The molecular weight excluding hydrogens is 288 g/mol. The van der Waals surface area contributed by atoms with E-state index in [4.69, 9.17) is 11.6 Å². The number of β-amino-alcohol motifs (C(OH)–C–C–N with tert-alkyl or cyclic N) is 1. The first-order valence-corrected chi connectivity index (χ1v) is 7.65. The Morgan fingerprint density at radius 3 is 2.48 bits per heavy atom. The SMILES string of the molecule is Cc1c(Cl)cccc1C(=O)N1CCN(CC(C)(C)O)CC1. The number of hydrogen-bond donors (Lipinski definition) is 1. The minimum atomic E-state index is -0.699. The van der Waals surface area contributed by atoms with Gasteiger partial charge in [-0.25, -0.2) is 0 Å². The number of aliphatic hydroxyl groups is 1. The Bertz CT molecular complexity index is 517. The van der Waals surface area contributed by atoms with Crippen LogP contribution in [-0.2, 0) is 0 Å². The van der Waals surface area contributed by atoms with Gasteiger partial charge in [-0.15, -0.1) is 0 Å². The summed E-state index contributed by atoms with van der Waals surface area (Å²) in [7, 11) is 0. The molecule has 4 nitrogen and oxygen atoms in total. The molecule has 0 radical (unpaired) electrons.